The molecule has 1 aliphatic carbocycles. The second kappa shape index (κ2) is 5.63. The van der Waals surface area contributed by atoms with Crippen molar-refractivity contribution in [2.75, 3.05) is 20.1 Å². The summed E-state index contributed by atoms with van der Waals surface area (Å²) in [6.07, 6.45) is 4.90. The van der Waals surface area contributed by atoms with Crippen molar-refractivity contribution in [3.05, 3.63) is 17.5 Å². The maximum Gasteiger partial charge on any atom is 0.0722 e. The van der Waals surface area contributed by atoms with E-state index >= 15 is 0 Å². The maximum atomic E-state index is 4.60. The van der Waals surface area contributed by atoms with E-state index in [1.54, 1.807) is 0 Å². The van der Waals surface area contributed by atoms with Crippen molar-refractivity contribution in [1.82, 2.24) is 20.0 Å². The van der Waals surface area contributed by atoms with E-state index in [2.05, 4.69) is 49.3 Å². The van der Waals surface area contributed by atoms with E-state index in [0.717, 1.165) is 25.7 Å². The molecule has 1 aromatic heterocycles. The number of likely N-dealkylation sites (N-methyl/N-ethyl adjacent to an activating group) is 1. The Hall–Kier alpha value is -0.870. The normalized spacial score (nSPS) is 16.3. The number of aryl methyl sites for hydroxylation is 1. The molecule has 2 rings (SSSR count). The summed E-state index contributed by atoms with van der Waals surface area (Å²) < 4.78 is 1.92. The molecular formula is C15H28N4. The fraction of sp³-hybridized carbons (Fsp3) is 0.800. The van der Waals surface area contributed by atoms with Crippen LogP contribution in [0.2, 0.25) is 0 Å². The Balaban J connectivity index is 1.82. The molecule has 0 amide bonds. The van der Waals surface area contributed by atoms with Crippen molar-refractivity contribution in [3.8, 4) is 0 Å². The van der Waals surface area contributed by atoms with Gasteiger partial charge in [0.15, 0.2) is 0 Å². The van der Waals surface area contributed by atoms with Crippen LogP contribution in [0.15, 0.2) is 6.20 Å². The van der Waals surface area contributed by atoms with Gasteiger partial charge in [0.2, 0.25) is 0 Å². The largest absolute Gasteiger partial charge is 0.311 e. The molecule has 1 fully saturated rings. The molecule has 0 bridgehead atoms. The molecule has 0 saturated heterocycles. The molecule has 1 aliphatic rings. The van der Waals surface area contributed by atoms with E-state index in [-0.39, 0.29) is 5.41 Å². The number of nitrogens with one attached hydrogen (secondary N) is 1. The second-order valence-corrected chi connectivity index (χ2v) is 6.82. The molecular weight excluding hydrogens is 236 g/mol. The molecule has 19 heavy (non-hydrogen) atoms. The molecule has 1 aromatic rings. The Morgan fingerprint density at radius 1 is 1.42 bits per heavy atom. The van der Waals surface area contributed by atoms with E-state index < -0.39 is 0 Å². The van der Waals surface area contributed by atoms with Gasteiger partial charge in [-0.1, -0.05) is 20.8 Å². The Kier molecular flexibility index (Phi) is 4.31. The fourth-order valence-electron chi connectivity index (χ4n) is 2.47. The molecule has 0 aliphatic heterocycles. The molecule has 4 heteroatoms. The zero-order chi connectivity index (χ0) is 14.0. The summed E-state index contributed by atoms with van der Waals surface area (Å²) in [6.45, 7) is 9.76. The quantitative estimate of drug-likeness (QED) is 0.797. The molecule has 0 spiro atoms. The van der Waals surface area contributed by atoms with Crippen LogP contribution >= 0.6 is 0 Å². The number of hydrogen-bond acceptors (Lipinski definition) is 3. The van der Waals surface area contributed by atoms with Crippen molar-refractivity contribution in [2.24, 2.45) is 7.05 Å². The van der Waals surface area contributed by atoms with Crippen molar-refractivity contribution in [1.29, 1.82) is 0 Å². The van der Waals surface area contributed by atoms with Crippen molar-refractivity contribution in [3.63, 3.8) is 0 Å². The topological polar surface area (TPSA) is 33.1 Å². The predicted octanol–water partition coefficient (Wildman–Crippen LogP) is 1.90. The number of rotatable bonds is 6. The van der Waals surface area contributed by atoms with Gasteiger partial charge < -0.3 is 10.2 Å². The molecule has 1 heterocycles. The number of nitrogens with zero attached hydrogens (tertiary/aromatic N) is 3. The number of aromatic nitrogens is 2. The van der Waals surface area contributed by atoms with E-state index in [0.29, 0.717) is 0 Å². The van der Waals surface area contributed by atoms with E-state index in [1.165, 1.54) is 24.1 Å². The lowest BCUT2D eigenvalue weighted by Gasteiger charge is -2.18. The van der Waals surface area contributed by atoms with Crippen molar-refractivity contribution < 1.29 is 0 Å². The van der Waals surface area contributed by atoms with Crippen LogP contribution in [0.25, 0.3) is 0 Å². The van der Waals surface area contributed by atoms with Crippen LogP contribution in [0.4, 0.5) is 0 Å². The molecule has 108 valence electrons. The molecule has 0 unspecified atom stereocenters. The Bertz CT molecular complexity index is 412. The van der Waals surface area contributed by atoms with Crippen LogP contribution in [0, 0.1) is 0 Å². The van der Waals surface area contributed by atoms with Crippen LogP contribution in [0.3, 0.4) is 0 Å². The first-order valence-corrected chi connectivity index (χ1v) is 7.32. The Labute approximate surface area is 117 Å². The molecule has 0 atom stereocenters. The standard InChI is InChI=1S/C15H28N4/c1-15(2,3)14-12(11-19(5)17-14)10-16-8-9-18(4)13-6-7-13/h11,13,16H,6-10H2,1-5H3. The summed E-state index contributed by atoms with van der Waals surface area (Å²) in [7, 11) is 4.23. The van der Waals surface area contributed by atoms with Gasteiger partial charge in [-0.15, -0.1) is 0 Å². The van der Waals surface area contributed by atoms with E-state index in [1.807, 2.05) is 11.7 Å². The van der Waals surface area contributed by atoms with Crippen LogP contribution in [0.5, 0.6) is 0 Å². The minimum Gasteiger partial charge on any atom is -0.311 e. The highest BCUT2D eigenvalue weighted by atomic mass is 15.3. The summed E-state index contributed by atoms with van der Waals surface area (Å²) in [5.74, 6) is 0. The van der Waals surface area contributed by atoms with Gasteiger partial charge >= 0.3 is 0 Å². The van der Waals surface area contributed by atoms with Crippen LogP contribution < -0.4 is 5.32 Å². The lowest BCUT2D eigenvalue weighted by molar-refractivity contribution is 0.321. The highest BCUT2D eigenvalue weighted by molar-refractivity contribution is 5.23. The first-order chi connectivity index (χ1) is 8.88. The number of hydrogen-bond donors (Lipinski definition) is 1. The Morgan fingerprint density at radius 3 is 2.68 bits per heavy atom. The SMILES string of the molecule is CN(CCNCc1cn(C)nc1C(C)(C)C)C1CC1. The van der Waals surface area contributed by atoms with Gasteiger partial charge in [-0.3, -0.25) is 4.68 Å². The first kappa shape index (κ1) is 14.5. The predicted molar refractivity (Wildman–Crippen MR) is 79.3 cm³/mol. The highest BCUT2D eigenvalue weighted by Crippen LogP contribution is 2.25. The van der Waals surface area contributed by atoms with Crippen LogP contribution in [-0.4, -0.2) is 40.9 Å². The smallest absolute Gasteiger partial charge is 0.0722 e. The third-order valence-electron chi connectivity index (χ3n) is 3.74. The molecule has 4 nitrogen and oxygen atoms in total. The third-order valence-corrected chi connectivity index (χ3v) is 3.74. The first-order valence-electron chi connectivity index (χ1n) is 7.32. The third kappa shape index (κ3) is 4.05. The van der Waals surface area contributed by atoms with Gasteiger partial charge in [0.05, 0.1) is 5.69 Å². The van der Waals surface area contributed by atoms with Crippen LogP contribution in [-0.2, 0) is 19.0 Å². The summed E-state index contributed by atoms with van der Waals surface area (Å²) >= 11 is 0. The van der Waals surface area contributed by atoms with Crippen molar-refractivity contribution in [2.45, 2.75) is 51.6 Å². The fourth-order valence-corrected chi connectivity index (χ4v) is 2.47. The minimum absolute atomic E-state index is 0.114. The van der Waals surface area contributed by atoms with Gasteiger partial charge in [0, 0.05) is 49.9 Å². The molecule has 0 aromatic carbocycles. The zero-order valence-electron chi connectivity index (χ0n) is 13.0. The molecule has 1 N–H and O–H groups in total. The second-order valence-electron chi connectivity index (χ2n) is 6.82. The van der Waals surface area contributed by atoms with E-state index in [9.17, 15) is 0 Å². The maximum absolute atomic E-state index is 4.60. The average Bonchev–Trinajstić information content (AvgIpc) is 3.07. The summed E-state index contributed by atoms with van der Waals surface area (Å²) in [6, 6.07) is 0.852. The van der Waals surface area contributed by atoms with Gasteiger partial charge in [-0.25, -0.2) is 0 Å². The van der Waals surface area contributed by atoms with Gasteiger partial charge in [-0.05, 0) is 19.9 Å². The van der Waals surface area contributed by atoms with Gasteiger partial charge in [0.1, 0.15) is 0 Å². The lowest BCUT2D eigenvalue weighted by atomic mass is 9.89. The molecule has 0 radical (unpaired) electrons. The summed E-state index contributed by atoms with van der Waals surface area (Å²) in [4.78, 5) is 2.46. The Morgan fingerprint density at radius 2 is 2.11 bits per heavy atom. The average molecular weight is 264 g/mol. The van der Waals surface area contributed by atoms with Crippen molar-refractivity contribution >= 4 is 0 Å². The summed E-state index contributed by atoms with van der Waals surface area (Å²) in [5.41, 5.74) is 2.64. The van der Waals surface area contributed by atoms with Gasteiger partial charge in [-0.2, -0.15) is 5.10 Å². The highest BCUT2D eigenvalue weighted by Gasteiger charge is 2.25. The minimum atomic E-state index is 0.114. The van der Waals surface area contributed by atoms with Gasteiger partial charge in [0.25, 0.3) is 0 Å². The zero-order valence-corrected chi connectivity index (χ0v) is 13.0. The summed E-state index contributed by atoms with van der Waals surface area (Å²) in [5, 5.41) is 8.15. The molecule has 1 saturated carbocycles. The van der Waals surface area contributed by atoms with E-state index in [4.69, 9.17) is 0 Å². The lowest BCUT2D eigenvalue weighted by Crippen LogP contribution is -2.30. The monoisotopic (exact) mass is 264 g/mol. The van der Waals surface area contributed by atoms with Crippen LogP contribution in [0.1, 0.15) is 44.9 Å².